The highest BCUT2D eigenvalue weighted by Crippen LogP contribution is 2.40. The molecule has 0 aliphatic carbocycles. The number of benzene rings is 2. The minimum Gasteiger partial charge on any atom is -0.353 e. The van der Waals surface area contributed by atoms with E-state index in [0.717, 1.165) is 30.8 Å². The fourth-order valence-corrected chi connectivity index (χ4v) is 5.56. The molecule has 5 nitrogen and oxygen atoms in total. The van der Waals surface area contributed by atoms with Gasteiger partial charge in [0.1, 0.15) is 9.73 Å². The first-order chi connectivity index (χ1) is 11.6. The molecule has 0 unspecified atom stereocenters. The smallest absolute Gasteiger partial charge is 0.271 e. The number of para-hydroxylation sites is 2. The van der Waals surface area contributed by atoms with Gasteiger partial charge in [-0.2, -0.15) is 4.36 Å². The molecule has 2 aliphatic rings. The number of fused-ring (bicyclic) bond motifs is 2. The number of nitrogens with one attached hydrogen (secondary N) is 1. The van der Waals surface area contributed by atoms with Crippen LogP contribution in [0.5, 0.6) is 0 Å². The van der Waals surface area contributed by atoms with Crippen molar-refractivity contribution in [2.45, 2.75) is 28.7 Å². The molecule has 0 saturated carbocycles. The summed E-state index contributed by atoms with van der Waals surface area (Å²) < 4.78 is 18.2. The summed E-state index contributed by atoms with van der Waals surface area (Å²) in [5, 5.41) is 3.29. The van der Waals surface area contributed by atoms with Gasteiger partial charge in [-0.15, -0.1) is 0 Å². The molecule has 1 saturated heterocycles. The predicted molar refractivity (Wildman–Crippen MR) is 93.9 cm³/mol. The van der Waals surface area contributed by atoms with Crippen LogP contribution in [0, 0.1) is 0 Å². The average Bonchev–Trinajstić information content (AvgIpc) is 3.01. The van der Waals surface area contributed by atoms with Crippen molar-refractivity contribution in [2.75, 3.05) is 18.9 Å². The van der Waals surface area contributed by atoms with E-state index >= 15 is 0 Å². The number of amides is 1. The molecule has 0 bridgehead atoms. The van der Waals surface area contributed by atoms with Gasteiger partial charge in [0.2, 0.25) is 0 Å². The molecule has 1 fully saturated rings. The molecule has 0 aromatic heterocycles. The largest absolute Gasteiger partial charge is 0.353 e. The van der Waals surface area contributed by atoms with Crippen LogP contribution in [0.4, 0.5) is 11.4 Å². The molecule has 4 rings (SSSR count). The van der Waals surface area contributed by atoms with Crippen LogP contribution < -0.4 is 5.32 Å². The minimum atomic E-state index is -2.98. The van der Waals surface area contributed by atoms with Crippen molar-refractivity contribution in [3.05, 3.63) is 48.5 Å². The number of anilines is 2. The molecule has 0 spiro atoms. The summed E-state index contributed by atoms with van der Waals surface area (Å²) in [6.45, 7) is 0.877. The van der Waals surface area contributed by atoms with E-state index in [1.165, 1.54) is 0 Å². The topological polar surface area (TPSA) is 61.8 Å². The first kappa shape index (κ1) is 15.4. The highest BCUT2D eigenvalue weighted by atomic mass is 32.2. The number of hydrogen-bond donors (Lipinski definition) is 1. The fraction of sp³-hybridized carbons (Fsp3) is 0.278. The van der Waals surface area contributed by atoms with E-state index in [4.69, 9.17) is 0 Å². The van der Waals surface area contributed by atoms with Crippen molar-refractivity contribution in [2.24, 2.45) is 4.36 Å². The molecule has 2 aliphatic heterocycles. The van der Waals surface area contributed by atoms with Crippen molar-refractivity contribution in [3.8, 4) is 0 Å². The van der Waals surface area contributed by atoms with Crippen LogP contribution in [-0.4, -0.2) is 34.7 Å². The van der Waals surface area contributed by atoms with Gasteiger partial charge in [-0.05, 0) is 50.7 Å². The summed E-state index contributed by atoms with van der Waals surface area (Å²) in [5.74, 6) is -0.286. The summed E-state index contributed by atoms with van der Waals surface area (Å²) in [6.07, 6.45) is 1.74. The maximum atomic E-state index is 13.9. The number of likely N-dealkylation sites (N-methyl/N-ethyl adjacent to an activating group) is 1. The molecule has 124 valence electrons. The number of carbonyl (C=O) groups excluding carboxylic acids is 1. The number of carbonyl (C=O) groups is 1. The van der Waals surface area contributed by atoms with Gasteiger partial charge in [0.25, 0.3) is 5.91 Å². The molecule has 2 aromatic carbocycles. The van der Waals surface area contributed by atoms with Crippen molar-refractivity contribution in [1.82, 2.24) is 4.90 Å². The van der Waals surface area contributed by atoms with E-state index in [-0.39, 0.29) is 11.9 Å². The second-order valence-electron chi connectivity index (χ2n) is 6.21. The highest BCUT2D eigenvalue weighted by Gasteiger charge is 2.32. The van der Waals surface area contributed by atoms with Gasteiger partial charge in [0, 0.05) is 0 Å². The maximum Gasteiger partial charge on any atom is 0.271 e. The Hall–Kier alpha value is -2.18. The molecule has 0 radical (unpaired) electrons. The van der Waals surface area contributed by atoms with Crippen molar-refractivity contribution < 1.29 is 9.00 Å². The number of rotatable bonds is 1. The molecule has 1 amide bonds. The normalized spacial score (nSPS) is 21.5. The molecular formula is C18H19N3O2S. The Balaban J connectivity index is 1.91. The quantitative estimate of drug-likeness (QED) is 0.738. The Labute approximate surface area is 141 Å². The van der Waals surface area contributed by atoms with E-state index in [9.17, 15) is 9.00 Å². The molecule has 6 heteroatoms. The lowest BCUT2D eigenvalue weighted by molar-refractivity contribution is -0.121. The predicted octanol–water partition coefficient (Wildman–Crippen LogP) is 3.25. The summed E-state index contributed by atoms with van der Waals surface area (Å²) in [5.41, 5.74) is 1.50. The van der Waals surface area contributed by atoms with Crippen molar-refractivity contribution in [1.29, 1.82) is 0 Å². The molecule has 2 aromatic rings. The average molecular weight is 341 g/mol. The summed E-state index contributed by atoms with van der Waals surface area (Å²) in [4.78, 5) is 15.9. The molecular weight excluding hydrogens is 322 g/mol. The van der Waals surface area contributed by atoms with Gasteiger partial charge in [-0.3, -0.25) is 9.69 Å². The second kappa shape index (κ2) is 5.72. The summed E-state index contributed by atoms with van der Waals surface area (Å²) >= 11 is 0. The number of likely N-dealkylation sites (tertiary alicyclic amines) is 1. The van der Waals surface area contributed by atoms with Crippen LogP contribution in [0.1, 0.15) is 12.8 Å². The first-order valence-corrected chi connectivity index (χ1v) is 9.57. The van der Waals surface area contributed by atoms with E-state index in [0.29, 0.717) is 9.79 Å². The molecule has 24 heavy (non-hydrogen) atoms. The summed E-state index contributed by atoms with van der Waals surface area (Å²) in [7, 11) is -1.06. The lowest BCUT2D eigenvalue weighted by Crippen LogP contribution is -2.32. The van der Waals surface area contributed by atoms with Crippen LogP contribution in [0.2, 0.25) is 0 Å². The van der Waals surface area contributed by atoms with Gasteiger partial charge in [-0.1, -0.05) is 24.3 Å². The van der Waals surface area contributed by atoms with Crippen LogP contribution in [0.3, 0.4) is 0 Å². The van der Waals surface area contributed by atoms with Crippen LogP contribution in [0.25, 0.3) is 0 Å². The third-order valence-corrected chi connectivity index (χ3v) is 7.01. The molecule has 1 atom stereocenters. The van der Waals surface area contributed by atoms with Gasteiger partial charge in [0.05, 0.1) is 27.2 Å². The van der Waals surface area contributed by atoms with Gasteiger partial charge in [-0.25, -0.2) is 4.21 Å². The van der Waals surface area contributed by atoms with E-state index in [2.05, 4.69) is 9.68 Å². The van der Waals surface area contributed by atoms with Crippen molar-refractivity contribution >= 4 is 27.0 Å². The highest BCUT2D eigenvalue weighted by molar-refractivity contribution is 7.94. The standard InChI is InChI=1S/C18H19N3O2S/c1-21-12-6-9-15(21)18(22)20-24(23)16-10-4-2-7-13(16)19-14-8-3-5-11-17(14)24/h2-5,7-8,10-11,15,19H,6,9,12H2,1H3/t15-/m0/s1. The number of nitrogens with zero attached hydrogens (tertiary/aromatic N) is 2. The van der Waals surface area contributed by atoms with E-state index < -0.39 is 9.73 Å². The van der Waals surface area contributed by atoms with Crippen LogP contribution in [-0.2, 0) is 14.5 Å². The number of hydrogen-bond acceptors (Lipinski definition) is 4. The third kappa shape index (κ3) is 2.34. The summed E-state index contributed by atoms with van der Waals surface area (Å²) in [6, 6.07) is 14.5. The zero-order valence-corrected chi connectivity index (χ0v) is 14.3. The zero-order chi connectivity index (χ0) is 16.7. The minimum absolute atomic E-state index is 0.266. The second-order valence-corrected chi connectivity index (χ2v) is 8.33. The first-order valence-electron chi connectivity index (χ1n) is 8.06. The Morgan fingerprint density at radius 3 is 2.25 bits per heavy atom. The van der Waals surface area contributed by atoms with Gasteiger partial charge in [0.15, 0.2) is 0 Å². The monoisotopic (exact) mass is 341 g/mol. The van der Waals surface area contributed by atoms with Gasteiger partial charge < -0.3 is 5.32 Å². The lowest BCUT2D eigenvalue weighted by Gasteiger charge is -2.25. The van der Waals surface area contributed by atoms with E-state index in [1.54, 1.807) is 12.1 Å². The Morgan fingerprint density at radius 1 is 1.12 bits per heavy atom. The Bertz CT molecular complexity index is 880. The van der Waals surface area contributed by atoms with Gasteiger partial charge >= 0.3 is 0 Å². The zero-order valence-electron chi connectivity index (χ0n) is 13.4. The SMILES string of the molecule is CN1CCC[C@H]1C(=O)N=S1(=O)c2ccccc2Nc2ccccc21. The Kier molecular flexibility index (Phi) is 3.66. The van der Waals surface area contributed by atoms with Crippen LogP contribution >= 0.6 is 0 Å². The Morgan fingerprint density at radius 2 is 1.71 bits per heavy atom. The van der Waals surface area contributed by atoms with Crippen molar-refractivity contribution in [3.63, 3.8) is 0 Å². The fourth-order valence-electron chi connectivity index (χ4n) is 3.39. The van der Waals surface area contributed by atoms with E-state index in [1.807, 2.05) is 48.3 Å². The van der Waals surface area contributed by atoms with Crippen LogP contribution in [0.15, 0.2) is 62.7 Å². The molecule has 1 N–H and O–H groups in total. The lowest BCUT2D eigenvalue weighted by atomic mass is 10.2. The maximum absolute atomic E-state index is 13.9. The molecule has 2 heterocycles. The third-order valence-electron chi connectivity index (χ3n) is 4.66.